The molecular formula is C6H5F4N. The van der Waals surface area contributed by atoms with E-state index in [1.54, 1.807) is 0 Å². The van der Waals surface area contributed by atoms with Crippen molar-refractivity contribution in [2.24, 2.45) is 5.41 Å². The van der Waals surface area contributed by atoms with Crippen LogP contribution in [0, 0.1) is 16.7 Å². The summed E-state index contributed by atoms with van der Waals surface area (Å²) in [4.78, 5) is 0. The fourth-order valence-electron chi connectivity index (χ4n) is 0.870. The molecule has 1 saturated carbocycles. The standard InChI is InChI=1S/C6H5F4N/c7-4(6(8,9)10)5(3-11)1-2-5/h4H,1-2H2. The molecule has 0 aromatic rings. The van der Waals surface area contributed by atoms with Crippen LogP contribution < -0.4 is 0 Å². The van der Waals surface area contributed by atoms with Crippen molar-refractivity contribution in [1.29, 1.82) is 5.26 Å². The second-order valence-electron chi connectivity index (χ2n) is 2.67. The van der Waals surface area contributed by atoms with E-state index in [-0.39, 0.29) is 12.8 Å². The third-order valence-corrected chi connectivity index (χ3v) is 1.78. The van der Waals surface area contributed by atoms with Crippen LogP contribution in [0.3, 0.4) is 0 Å². The second kappa shape index (κ2) is 2.10. The van der Waals surface area contributed by atoms with Crippen molar-refractivity contribution in [2.75, 3.05) is 0 Å². The maximum atomic E-state index is 12.4. The Morgan fingerprint density at radius 3 is 1.91 bits per heavy atom. The lowest BCUT2D eigenvalue weighted by molar-refractivity contribution is -0.193. The maximum Gasteiger partial charge on any atom is 0.421 e. The molecule has 0 bridgehead atoms. The molecule has 1 unspecified atom stereocenters. The first-order chi connectivity index (χ1) is 4.92. The van der Waals surface area contributed by atoms with E-state index in [4.69, 9.17) is 5.26 Å². The zero-order valence-corrected chi connectivity index (χ0v) is 5.45. The third-order valence-electron chi connectivity index (χ3n) is 1.78. The average Bonchev–Trinajstić information content (AvgIpc) is 2.64. The van der Waals surface area contributed by atoms with Gasteiger partial charge in [-0.2, -0.15) is 18.4 Å². The minimum Gasteiger partial charge on any atom is -0.236 e. The molecule has 0 radical (unpaired) electrons. The highest BCUT2D eigenvalue weighted by Gasteiger charge is 2.61. The van der Waals surface area contributed by atoms with E-state index in [1.807, 2.05) is 0 Å². The molecule has 1 atom stereocenters. The van der Waals surface area contributed by atoms with Crippen LogP contribution in [0.4, 0.5) is 17.6 Å². The Morgan fingerprint density at radius 2 is 1.82 bits per heavy atom. The highest BCUT2D eigenvalue weighted by molar-refractivity contribution is 5.15. The van der Waals surface area contributed by atoms with Gasteiger partial charge >= 0.3 is 6.18 Å². The van der Waals surface area contributed by atoms with Gasteiger partial charge in [-0.15, -0.1) is 0 Å². The first kappa shape index (κ1) is 8.31. The van der Waals surface area contributed by atoms with Gasteiger partial charge in [0.2, 0.25) is 6.17 Å². The molecule has 1 fully saturated rings. The van der Waals surface area contributed by atoms with Crippen LogP contribution in [-0.4, -0.2) is 12.3 Å². The number of rotatable bonds is 1. The molecule has 1 nitrogen and oxygen atoms in total. The lowest BCUT2D eigenvalue weighted by atomic mass is 10.0. The monoisotopic (exact) mass is 167 g/mol. The van der Waals surface area contributed by atoms with Gasteiger partial charge in [0.05, 0.1) is 11.5 Å². The Kier molecular flexibility index (Phi) is 1.58. The number of halogens is 4. The van der Waals surface area contributed by atoms with Crippen LogP contribution in [0.1, 0.15) is 12.8 Å². The van der Waals surface area contributed by atoms with E-state index in [1.165, 1.54) is 6.07 Å². The fraction of sp³-hybridized carbons (Fsp3) is 0.833. The summed E-state index contributed by atoms with van der Waals surface area (Å²) in [6, 6.07) is 1.36. The maximum absolute atomic E-state index is 12.4. The Hall–Kier alpha value is -0.790. The van der Waals surface area contributed by atoms with Crippen LogP contribution in [0.25, 0.3) is 0 Å². The highest BCUT2D eigenvalue weighted by Crippen LogP contribution is 2.53. The first-order valence-electron chi connectivity index (χ1n) is 3.04. The molecule has 1 rings (SSSR count). The van der Waals surface area contributed by atoms with E-state index < -0.39 is 17.8 Å². The van der Waals surface area contributed by atoms with E-state index in [2.05, 4.69) is 0 Å². The highest BCUT2D eigenvalue weighted by atomic mass is 19.4. The summed E-state index contributed by atoms with van der Waals surface area (Å²) in [5, 5.41) is 8.20. The number of hydrogen-bond acceptors (Lipinski definition) is 1. The summed E-state index contributed by atoms with van der Waals surface area (Å²) in [5.41, 5.74) is -1.75. The summed E-state index contributed by atoms with van der Waals surface area (Å²) in [6.45, 7) is 0. The van der Waals surface area contributed by atoms with E-state index in [9.17, 15) is 17.6 Å². The fourth-order valence-corrected chi connectivity index (χ4v) is 0.870. The Morgan fingerprint density at radius 1 is 1.36 bits per heavy atom. The largest absolute Gasteiger partial charge is 0.421 e. The molecule has 0 heterocycles. The van der Waals surface area contributed by atoms with Gasteiger partial charge in [0.25, 0.3) is 0 Å². The molecular weight excluding hydrogens is 162 g/mol. The summed E-state index contributed by atoms with van der Waals surface area (Å²) in [6.07, 6.45) is -7.82. The first-order valence-corrected chi connectivity index (χ1v) is 3.04. The SMILES string of the molecule is N#CC1(C(F)C(F)(F)F)CC1. The summed E-state index contributed by atoms with van der Waals surface area (Å²) < 4.78 is 47.3. The zero-order valence-electron chi connectivity index (χ0n) is 5.45. The zero-order chi connectivity index (χ0) is 8.70. The number of hydrogen-bond donors (Lipinski definition) is 0. The summed E-state index contributed by atoms with van der Waals surface area (Å²) >= 11 is 0. The topological polar surface area (TPSA) is 23.8 Å². The van der Waals surface area contributed by atoms with Gasteiger partial charge in [-0.25, -0.2) is 4.39 Å². The quantitative estimate of drug-likeness (QED) is 0.549. The lowest BCUT2D eigenvalue weighted by Gasteiger charge is -2.15. The van der Waals surface area contributed by atoms with Gasteiger partial charge < -0.3 is 0 Å². The predicted octanol–water partition coefficient (Wildman–Crippen LogP) is 2.19. The molecule has 0 aromatic carbocycles. The van der Waals surface area contributed by atoms with E-state index >= 15 is 0 Å². The van der Waals surface area contributed by atoms with Gasteiger partial charge in [-0.3, -0.25) is 0 Å². The molecule has 11 heavy (non-hydrogen) atoms. The van der Waals surface area contributed by atoms with Gasteiger partial charge in [0.15, 0.2) is 0 Å². The molecule has 0 aromatic heterocycles. The Bertz CT molecular complexity index is 198. The number of nitrogens with zero attached hydrogens (tertiary/aromatic N) is 1. The van der Waals surface area contributed by atoms with Crippen LogP contribution in [0.15, 0.2) is 0 Å². The number of nitriles is 1. The molecule has 62 valence electrons. The van der Waals surface area contributed by atoms with Crippen molar-refractivity contribution in [1.82, 2.24) is 0 Å². The van der Waals surface area contributed by atoms with Crippen LogP contribution in [0.5, 0.6) is 0 Å². The number of alkyl halides is 4. The molecule has 1 aliphatic rings. The van der Waals surface area contributed by atoms with Crippen LogP contribution in [-0.2, 0) is 0 Å². The third kappa shape index (κ3) is 1.30. The Labute approximate surface area is 60.6 Å². The van der Waals surface area contributed by atoms with Gasteiger partial charge in [0, 0.05) is 0 Å². The second-order valence-corrected chi connectivity index (χ2v) is 2.67. The molecule has 0 amide bonds. The minimum absolute atomic E-state index is 0.0180. The molecule has 0 N–H and O–H groups in total. The molecule has 0 aliphatic heterocycles. The van der Waals surface area contributed by atoms with Crippen molar-refractivity contribution < 1.29 is 17.6 Å². The van der Waals surface area contributed by atoms with Gasteiger partial charge in [-0.1, -0.05) is 0 Å². The van der Waals surface area contributed by atoms with Crippen molar-refractivity contribution in [3.05, 3.63) is 0 Å². The summed E-state index contributed by atoms with van der Waals surface area (Å²) in [5.74, 6) is 0. The van der Waals surface area contributed by atoms with Crippen molar-refractivity contribution >= 4 is 0 Å². The van der Waals surface area contributed by atoms with E-state index in [0.717, 1.165) is 0 Å². The molecule has 0 spiro atoms. The average molecular weight is 167 g/mol. The lowest BCUT2D eigenvalue weighted by Crippen LogP contribution is -2.32. The molecule has 1 aliphatic carbocycles. The van der Waals surface area contributed by atoms with Gasteiger partial charge in [0.1, 0.15) is 0 Å². The van der Waals surface area contributed by atoms with E-state index in [0.29, 0.717) is 0 Å². The Balaban J connectivity index is 2.70. The normalized spacial score (nSPS) is 23.9. The molecule has 5 heteroatoms. The summed E-state index contributed by atoms with van der Waals surface area (Å²) in [7, 11) is 0. The predicted molar refractivity (Wildman–Crippen MR) is 28.2 cm³/mol. The van der Waals surface area contributed by atoms with Gasteiger partial charge in [-0.05, 0) is 12.8 Å². The minimum atomic E-state index is -4.88. The van der Waals surface area contributed by atoms with Crippen molar-refractivity contribution in [3.63, 3.8) is 0 Å². The smallest absolute Gasteiger partial charge is 0.236 e. The van der Waals surface area contributed by atoms with Crippen molar-refractivity contribution in [3.8, 4) is 6.07 Å². The van der Waals surface area contributed by atoms with Crippen molar-refractivity contribution in [2.45, 2.75) is 25.2 Å². The van der Waals surface area contributed by atoms with Crippen LogP contribution >= 0.6 is 0 Å². The van der Waals surface area contributed by atoms with Crippen LogP contribution in [0.2, 0.25) is 0 Å². The molecule has 0 saturated heterocycles.